The van der Waals surface area contributed by atoms with Crippen molar-refractivity contribution in [2.24, 2.45) is 0 Å². The van der Waals surface area contributed by atoms with E-state index in [2.05, 4.69) is 5.10 Å². The molecule has 0 N–H and O–H groups in total. The first-order chi connectivity index (χ1) is 15.2. The molecular formula is C24H19FN2O4S. The largest absolute Gasteiger partial charge is 0.299 e. The predicted octanol–water partition coefficient (Wildman–Crippen LogP) is 3.97. The van der Waals surface area contributed by atoms with Crippen molar-refractivity contribution in [1.82, 2.24) is 9.19 Å². The quantitative estimate of drug-likeness (QED) is 0.398. The minimum absolute atomic E-state index is 0.0482. The minimum atomic E-state index is -4.04. The standard InChI is InChI=1S/C24H19FN2O4S/c1-16(28)19-3-2-4-23(14-19)32(30,31)27-24-13-18(5-8-20(24)15-26-27)12-22(29)11-17-6-9-21(25)10-7-17/h2-10,13-15H,11-12H2,1H3. The third kappa shape index (κ3) is 4.36. The summed E-state index contributed by atoms with van der Waals surface area (Å²) in [6.45, 7) is 1.37. The summed E-state index contributed by atoms with van der Waals surface area (Å²) in [7, 11) is -4.04. The molecule has 8 heteroatoms. The Labute approximate surface area is 184 Å². The van der Waals surface area contributed by atoms with Crippen LogP contribution in [0.4, 0.5) is 4.39 Å². The van der Waals surface area contributed by atoms with Crippen LogP contribution in [0.5, 0.6) is 0 Å². The molecule has 0 fully saturated rings. The van der Waals surface area contributed by atoms with Gasteiger partial charge >= 0.3 is 0 Å². The topological polar surface area (TPSA) is 86.1 Å². The van der Waals surface area contributed by atoms with Gasteiger partial charge in [0.2, 0.25) is 0 Å². The van der Waals surface area contributed by atoms with Gasteiger partial charge in [0.1, 0.15) is 11.6 Å². The number of ketones is 2. The number of halogens is 1. The van der Waals surface area contributed by atoms with Crippen molar-refractivity contribution in [1.29, 1.82) is 0 Å². The third-order valence-electron chi connectivity index (χ3n) is 5.08. The van der Waals surface area contributed by atoms with Crippen molar-refractivity contribution in [3.63, 3.8) is 0 Å². The molecule has 0 saturated heterocycles. The van der Waals surface area contributed by atoms with Gasteiger partial charge in [-0.1, -0.05) is 36.4 Å². The summed E-state index contributed by atoms with van der Waals surface area (Å²) in [5.41, 5.74) is 1.97. The van der Waals surface area contributed by atoms with Crippen molar-refractivity contribution in [3.8, 4) is 0 Å². The van der Waals surface area contributed by atoms with Crippen LogP contribution in [0, 0.1) is 5.82 Å². The van der Waals surface area contributed by atoms with Gasteiger partial charge in [-0.15, -0.1) is 0 Å². The first-order valence-corrected chi connectivity index (χ1v) is 11.3. The minimum Gasteiger partial charge on any atom is -0.299 e. The summed E-state index contributed by atoms with van der Waals surface area (Å²) in [4.78, 5) is 24.1. The lowest BCUT2D eigenvalue weighted by atomic mass is 10.0. The molecule has 4 rings (SSSR count). The maximum atomic E-state index is 13.2. The van der Waals surface area contributed by atoms with Gasteiger partial charge in [0.25, 0.3) is 10.0 Å². The maximum Gasteiger partial charge on any atom is 0.283 e. The third-order valence-corrected chi connectivity index (χ3v) is 6.68. The molecule has 1 aromatic heterocycles. The lowest BCUT2D eigenvalue weighted by molar-refractivity contribution is -0.117. The van der Waals surface area contributed by atoms with E-state index in [-0.39, 0.29) is 40.7 Å². The first kappa shape index (κ1) is 21.6. The van der Waals surface area contributed by atoms with Crippen molar-refractivity contribution in [3.05, 3.63) is 95.4 Å². The number of carbonyl (C=O) groups excluding carboxylic acids is 2. The number of nitrogens with zero attached hydrogens (tertiary/aromatic N) is 2. The molecule has 1 heterocycles. The highest BCUT2D eigenvalue weighted by atomic mass is 32.2. The first-order valence-electron chi connectivity index (χ1n) is 9.83. The molecule has 6 nitrogen and oxygen atoms in total. The number of hydrogen-bond donors (Lipinski definition) is 0. The summed E-state index contributed by atoms with van der Waals surface area (Å²) in [5, 5.41) is 4.64. The predicted molar refractivity (Wildman–Crippen MR) is 118 cm³/mol. The summed E-state index contributed by atoms with van der Waals surface area (Å²) in [6.07, 6.45) is 1.68. The SMILES string of the molecule is CC(=O)c1cccc(S(=O)(=O)n2ncc3ccc(CC(=O)Cc4ccc(F)cc4)cc32)c1. The van der Waals surface area contributed by atoms with Gasteiger partial charge in [-0.3, -0.25) is 9.59 Å². The molecular weight excluding hydrogens is 431 g/mol. The van der Waals surface area contributed by atoms with E-state index in [4.69, 9.17) is 0 Å². The molecule has 0 aliphatic carbocycles. The van der Waals surface area contributed by atoms with E-state index in [1.165, 1.54) is 43.5 Å². The van der Waals surface area contributed by atoms with Crippen LogP contribution in [0.1, 0.15) is 28.4 Å². The highest BCUT2D eigenvalue weighted by Gasteiger charge is 2.21. The fourth-order valence-electron chi connectivity index (χ4n) is 3.44. The van der Waals surface area contributed by atoms with Crippen LogP contribution in [0.15, 0.2) is 77.8 Å². The van der Waals surface area contributed by atoms with Crippen LogP contribution in [-0.2, 0) is 27.7 Å². The summed E-state index contributed by atoms with van der Waals surface area (Å²) in [6, 6.07) is 16.6. The maximum absolute atomic E-state index is 13.2. The molecule has 162 valence electrons. The Morgan fingerprint density at radius 1 is 0.938 bits per heavy atom. The van der Waals surface area contributed by atoms with Gasteiger partial charge in [0.05, 0.1) is 16.6 Å². The summed E-state index contributed by atoms with van der Waals surface area (Å²) < 4.78 is 40.3. The molecule has 0 atom stereocenters. The zero-order valence-electron chi connectivity index (χ0n) is 17.2. The lowest BCUT2D eigenvalue weighted by Crippen LogP contribution is -2.15. The summed E-state index contributed by atoms with van der Waals surface area (Å²) >= 11 is 0. The lowest BCUT2D eigenvalue weighted by Gasteiger charge is -2.08. The van der Waals surface area contributed by atoms with Gasteiger partial charge in [-0.2, -0.15) is 17.6 Å². The fraction of sp³-hybridized carbons (Fsp3) is 0.125. The van der Waals surface area contributed by atoms with E-state index in [9.17, 15) is 22.4 Å². The summed E-state index contributed by atoms with van der Waals surface area (Å²) in [5.74, 6) is -0.691. The van der Waals surface area contributed by atoms with E-state index in [0.29, 0.717) is 22.0 Å². The van der Waals surface area contributed by atoms with Crippen LogP contribution in [0.2, 0.25) is 0 Å². The number of aromatic nitrogens is 2. The zero-order chi connectivity index (χ0) is 22.9. The second-order valence-corrected chi connectivity index (χ2v) is 9.26. The Kier molecular flexibility index (Phi) is 5.71. The highest BCUT2D eigenvalue weighted by Crippen LogP contribution is 2.23. The average Bonchev–Trinajstić information content (AvgIpc) is 3.19. The van der Waals surface area contributed by atoms with Crippen molar-refractivity contribution in [2.45, 2.75) is 24.7 Å². The number of hydrogen-bond acceptors (Lipinski definition) is 5. The van der Waals surface area contributed by atoms with Crippen LogP contribution < -0.4 is 0 Å². The number of carbonyl (C=O) groups is 2. The second-order valence-electron chi connectivity index (χ2n) is 7.49. The second kappa shape index (κ2) is 8.47. The van der Waals surface area contributed by atoms with Gasteiger partial charge in [-0.25, -0.2) is 4.39 Å². The van der Waals surface area contributed by atoms with Crippen molar-refractivity contribution in [2.75, 3.05) is 0 Å². The van der Waals surface area contributed by atoms with Gasteiger partial charge in [0, 0.05) is 23.8 Å². The zero-order valence-corrected chi connectivity index (χ0v) is 18.0. The van der Waals surface area contributed by atoms with Gasteiger partial charge in [-0.05, 0) is 48.4 Å². The Morgan fingerprint density at radius 3 is 2.34 bits per heavy atom. The molecule has 0 amide bonds. The Balaban J connectivity index is 1.64. The van der Waals surface area contributed by atoms with Crippen LogP contribution in [-0.4, -0.2) is 29.2 Å². The van der Waals surface area contributed by atoms with E-state index >= 15 is 0 Å². The highest BCUT2D eigenvalue weighted by molar-refractivity contribution is 7.90. The fourth-order valence-corrected chi connectivity index (χ4v) is 4.75. The molecule has 4 aromatic rings. The normalized spacial score (nSPS) is 11.6. The average molecular weight is 450 g/mol. The Morgan fingerprint density at radius 2 is 1.62 bits per heavy atom. The molecule has 0 saturated carbocycles. The number of fused-ring (bicyclic) bond motifs is 1. The smallest absolute Gasteiger partial charge is 0.283 e. The monoisotopic (exact) mass is 450 g/mol. The molecule has 0 bridgehead atoms. The number of Topliss-reactive ketones (excluding diaryl/α,β-unsaturated/α-hetero) is 2. The van der Waals surface area contributed by atoms with E-state index < -0.39 is 10.0 Å². The molecule has 0 aliphatic rings. The molecule has 0 unspecified atom stereocenters. The van der Waals surface area contributed by atoms with Crippen molar-refractivity contribution >= 4 is 32.5 Å². The van der Waals surface area contributed by atoms with Crippen molar-refractivity contribution < 1.29 is 22.4 Å². The Bertz CT molecular complexity index is 1440. The molecule has 3 aromatic carbocycles. The van der Waals surface area contributed by atoms with Gasteiger partial charge < -0.3 is 0 Å². The van der Waals surface area contributed by atoms with Crippen LogP contribution in [0.3, 0.4) is 0 Å². The molecule has 0 spiro atoms. The molecule has 0 aliphatic heterocycles. The molecule has 32 heavy (non-hydrogen) atoms. The number of benzene rings is 3. The van der Waals surface area contributed by atoms with E-state index in [0.717, 1.165) is 4.09 Å². The van der Waals surface area contributed by atoms with E-state index in [1.807, 2.05) is 0 Å². The molecule has 0 radical (unpaired) electrons. The van der Waals surface area contributed by atoms with Crippen LogP contribution in [0.25, 0.3) is 10.9 Å². The van der Waals surface area contributed by atoms with Crippen LogP contribution >= 0.6 is 0 Å². The number of rotatable bonds is 7. The Hall–Kier alpha value is -3.65. The van der Waals surface area contributed by atoms with Gasteiger partial charge in [0.15, 0.2) is 5.78 Å². The van der Waals surface area contributed by atoms with E-state index in [1.54, 1.807) is 36.4 Å².